The summed E-state index contributed by atoms with van der Waals surface area (Å²) in [5, 5.41) is 0. The number of unbranched alkanes of at least 4 members (excludes halogenated alkanes) is 28. The van der Waals surface area contributed by atoms with Gasteiger partial charge in [-0.15, -0.1) is 0 Å². The van der Waals surface area contributed by atoms with E-state index in [2.05, 4.69) is 118 Å². The van der Waals surface area contributed by atoms with Gasteiger partial charge < -0.3 is 14.2 Å². The molecule has 0 heterocycles. The van der Waals surface area contributed by atoms with Crippen molar-refractivity contribution in [1.29, 1.82) is 0 Å². The highest BCUT2D eigenvalue weighted by Gasteiger charge is 2.19. The van der Waals surface area contributed by atoms with Crippen LogP contribution in [0.2, 0.25) is 0 Å². The van der Waals surface area contributed by atoms with E-state index in [1.54, 1.807) is 0 Å². The summed E-state index contributed by atoms with van der Waals surface area (Å²) in [6.45, 7) is 6.48. The minimum Gasteiger partial charge on any atom is -0.462 e. The van der Waals surface area contributed by atoms with Gasteiger partial charge in [-0.2, -0.15) is 0 Å². The van der Waals surface area contributed by atoms with E-state index in [4.69, 9.17) is 14.2 Å². The third kappa shape index (κ3) is 59.1. The molecule has 0 aliphatic heterocycles. The molecule has 0 fully saturated rings. The van der Waals surface area contributed by atoms with Gasteiger partial charge in [0.25, 0.3) is 0 Å². The fourth-order valence-electron chi connectivity index (χ4n) is 8.44. The minimum atomic E-state index is -0.797. The van der Waals surface area contributed by atoms with Crippen molar-refractivity contribution >= 4 is 17.9 Å². The number of carbonyl (C=O) groups is 3. The van der Waals surface area contributed by atoms with E-state index < -0.39 is 6.10 Å². The van der Waals surface area contributed by atoms with Gasteiger partial charge in [-0.3, -0.25) is 14.4 Å². The van der Waals surface area contributed by atoms with Gasteiger partial charge in [0.2, 0.25) is 0 Å². The molecule has 0 aromatic heterocycles. The maximum atomic E-state index is 12.9. The molecule has 0 saturated heterocycles. The zero-order chi connectivity index (χ0) is 52.9. The summed E-state index contributed by atoms with van der Waals surface area (Å²) in [5.41, 5.74) is 0. The molecule has 0 radical (unpaired) electrons. The molecule has 0 rings (SSSR count). The Morgan fingerprint density at radius 2 is 0.534 bits per heavy atom. The van der Waals surface area contributed by atoms with Crippen LogP contribution in [0.1, 0.15) is 290 Å². The molecule has 418 valence electrons. The first-order chi connectivity index (χ1) is 36.0. The van der Waals surface area contributed by atoms with Gasteiger partial charge in [0.15, 0.2) is 6.10 Å². The van der Waals surface area contributed by atoms with Gasteiger partial charge in [0.05, 0.1) is 0 Å². The zero-order valence-electron chi connectivity index (χ0n) is 47.9. The highest BCUT2D eigenvalue weighted by atomic mass is 16.6. The Kier molecular flexibility index (Phi) is 57.8. The smallest absolute Gasteiger partial charge is 0.306 e. The normalized spacial score (nSPS) is 12.8. The SMILES string of the molecule is CC/C=C\C/C=C\C/C=C\C/C=C\C/C=C\CCCCCC(=O)OC[C@@H](COC(=O)CCCCCCCCC/C=C\CCCCCCCC)OC(=O)CCCCCCCCCCC/C=C\C/C=C\CCCCC. The van der Waals surface area contributed by atoms with E-state index in [0.29, 0.717) is 19.3 Å². The van der Waals surface area contributed by atoms with Gasteiger partial charge in [-0.1, -0.05) is 246 Å². The second-order valence-electron chi connectivity index (χ2n) is 20.2. The summed E-state index contributed by atoms with van der Waals surface area (Å²) in [7, 11) is 0. The van der Waals surface area contributed by atoms with E-state index in [1.807, 2.05) is 0 Å². The summed E-state index contributed by atoms with van der Waals surface area (Å²) in [6, 6.07) is 0. The van der Waals surface area contributed by atoms with Crippen LogP contribution in [-0.2, 0) is 28.6 Å². The van der Waals surface area contributed by atoms with Crippen LogP contribution < -0.4 is 0 Å². The van der Waals surface area contributed by atoms with E-state index in [0.717, 1.165) is 103 Å². The predicted molar refractivity (Wildman–Crippen MR) is 316 cm³/mol. The molecule has 0 spiro atoms. The fraction of sp³-hybridized carbons (Fsp3) is 0.716. The molecular formula is C67H114O6. The van der Waals surface area contributed by atoms with Crippen molar-refractivity contribution in [3.05, 3.63) is 97.2 Å². The van der Waals surface area contributed by atoms with Crippen LogP contribution in [-0.4, -0.2) is 37.2 Å². The molecule has 0 bridgehead atoms. The number of ether oxygens (including phenoxy) is 3. The van der Waals surface area contributed by atoms with Crippen LogP contribution >= 0.6 is 0 Å². The van der Waals surface area contributed by atoms with E-state index in [1.165, 1.54) is 148 Å². The number of allylic oxidation sites excluding steroid dienone is 16. The van der Waals surface area contributed by atoms with E-state index >= 15 is 0 Å². The maximum absolute atomic E-state index is 12.9. The average molecular weight is 1020 g/mol. The molecule has 0 saturated carbocycles. The molecule has 0 aliphatic carbocycles. The molecule has 0 aliphatic rings. The van der Waals surface area contributed by atoms with Crippen molar-refractivity contribution in [3.63, 3.8) is 0 Å². The Hall–Kier alpha value is -3.67. The van der Waals surface area contributed by atoms with Gasteiger partial charge in [0.1, 0.15) is 13.2 Å². The number of rotatable bonds is 55. The van der Waals surface area contributed by atoms with Crippen LogP contribution in [0.25, 0.3) is 0 Å². The molecule has 0 aromatic carbocycles. The predicted octanol–water partition coefficient (Wildman–Crippen LogP) is 20.9. The van der Waals surface area contributed by atoms with Gasteiger partial charge in [0, 0.05) is 19.3 Å². The zero-order valence-corrected chi connectivity index (χ0v) is 47.9. The van der Waals surface area contributed by atoms with Crippen LogP contribution in [0, 0.1) is 0 Å². The Bertz CT molecular complexity index is 1440. The Morgan fingerprint density at radius 1 is 0.288 bits per heavy atom. The van der Waals surface area contributed by atoms with E-state index in [-0.39, 0.29) is 31.1 Å². The van der Waals surface area contributed by atoms with Crippen molar-refractivity contribution in [2.24, 2.45) is 0 Å². The second kappa shape index (κ2) is 60.9. The fourth-order valence-corrected chi connectivity index (χ4v) is 8.44. The first kappa shape index (κ1) is 69.3. The minimum absolute atomic E-state index is 0.0919. The molecule has 0 unspecified atom stereocenters. The highest BCUT2D eigenvalue weighted by Crippen LogP contribution is 2.15. The van der Waals surface area contributed by atoms with Crippen molar-refractivity contribution in [2.75, 3.05) is 13.2 Å². The lowest BCUT2D eigenvalue weighted by molar-refractivity contribution is -0.167. The third-order valence-electron chi connectivity index (χ3n) is 13.0. The summed E-state index contributed by atoms with van der Waals surface area (Å²) < 4.78 is 16.9. The molecule has 0 amide bonds. The lowest BCUT2D eigenvalue weighted by Crippen LogP contribution is -2.30. The first-order valence-corrected chi connectivity index (χ1v) is 30.7. The van der Waals surface area contributed by atoms with Crippen LogP contribution in [0.4, 0.5) is 0 Å². The molecule has 6 nitrogen and oxygen atoms in total. The monoisotopic (exact) mass is 1010 g/mol. The number of hydrogen-bond acceptors (Lipinski definition) is 6. The lowest BCUT2D eigenvalue weighted by atomic mass is 10.1. The standard InChI is InChI=1S/C67H114O6/c1-4-7-10-13-16-19-22-25-28-31-33-36-39-42-45-48-51-54-57-60-66(69)72-63-64(62-71-65(68)59-56-53-50-47-44-41-38-35-30-27-24-21-18-15-12-9-6-3)73-67(70)61-58-55-52-49-46-43-40-37-34-32-29-26-23-20-17-14-11-8-5-2/h7,10,16-17,19-20,25-30,33,36,42,45,64H,4-6,8-9,11-15,18,21-24,31-32,34-35,37-41,43-44,46-63H2,1-3H3/b10-7-,19-16-,20-17-,28-25-,29-26-,30-27-,36-33-,45-42-/t64-/m1/s1. The quantitative estimate of drug-likeness (QED) is 0.0261. The van der Waals surface area contributed by atoms with Crippen molar-refractivity contribution in [2.45, 2.75) is 297 Å². The summed E-state index contributed by atoms with van der Waals surface area (Å²) in [5.74, 6) is -0.926. The van der Waals surface area contributed by atoms with Gasteiger partial charge in [-0.05, 0) is 122 Å². The molecular weight excluding hydrogens is 901 g/mol. The van der Waals surface area contributed by atoms with Crippen LogP contribution in [0.5, 0.6) is 0 Å². The first-order valence-electron chi connectivity index (χ1n) is 30.7. The molecule has 6 heteroatoms. The van der Waals surface area contributed by atoms with Crippen molar-refractivity contribution in [3.8, 4) is 0 Å². The average Bonchev–Trinajstić information content (AvgIpc) is 3.39. The summed E-state index contributed by atoms with van der Waals surface area (Å²) in [4.78, 5) is 38.3. The van der Waals surface area contributed by atoms with Crippen LogP contribution in [0.3, 0.4) is 0 Å². The largest absolute Gasteiger partial charge is 0.462 e. The summed E-state index contributed by atoms with van der Waals surface area (Å²) >= 11 is 0. The van der Waals surface area contributed by atoms with Crippen molar-refractivity contribution in [1.82, 2.24) is 0 Å². The molecule has 1 atom stereocenters. The topological polar surface area (TPSA) is 78.9 Å². The van der Waals surface area contributed by atoms with Gasteiger partial charge >= 0.3 is 17.9 Å². The molecule has 0 aromatic rings. The number of hydrogen-bond donors (Lipinski definition) is 0. The van der Waals surface area contributed by atoms with E-state index in [9.17, 15) is 14.4 Å². The summed E-state index contributed by atoms with van der Waals surface area (Å²) in [6.07, 6.45) is 81.1. The highest BCUT2D eigenvalue weighted by molar-refractivity contribution is 5.71. The van der Waals surface area contributed by atoms with Gasteiger partial charge in [-0.25, -0.2) is 0 Å². The maximum Gasteiger partial charge on any atom is 0.306 e. The third-order valence-corrected chi connectivity index (χ3v) is 13.0. The van der Waals surface area contributed by atoms with Crippen LogP contribution in [0.15, 0.2) is 97.2 Å². The molecule has 73 heavy (non-hydrogen) atoms. The number of esters is 3. The Labute approximate surface area is 451 Å². The Balaban J connectivity index is 4.46. The lowest BCUT2D eigenvalue weighted by Gasteiger charge is -2.18. The second-order valence-corrected chi connectivity index (χ2v) is 20.2. The van der Waals surface area contributed by atoms with Crippen molar-refractivity contribution < 1.29 is 28.6 Å². The molecule has 0 N–H and O–H groups in total. The number of carbonyl (C=O) groups excluding carboxylic acids is 3. The Morgan fingerprint density at radius 3 is 0.890 bits per heavy atom.